The molecule has 3 rings (SSSR count). The third-order valence-electron chi connectivity index (χ3n) is 3.84. The lowest BCUT2D eigenvalue weighted by atomic mass is 10.1. The van der Waals surface area contributed by atoms with E-state index in [4.69, 9.17) is 0 Å². The zero-order valence-electron chi connectivity index (χ0n) is 11.0. The maximum Gasteiger partial charge on any atom is 0.227 e. The van der Waals surface area contributed by atoms with Crippen molar-refractivity contribution in [3.63, 3.8) is 0 Å². The molecule has 2 aliphatic rings. The van der Waals surface area contributed by atoms with E-state index in [9.17, 15) is 4.79 Å². The van der Waals surface area contributed by atoms with Crippen molar-refractivity contribution in [1.82, 2.24) is 20.2 Å². The van der Waals surface area contributed by atoms with Gasteiger partial charge in [0.2, 0.25) is 11.9 Å². The largest absolute Gasteiger partial charge is 0.339 e. The third kappa shape index (κ3) is 2.68. The van der Waals surface area contributed by atoms with Crippen molar-refractivity contribution in [2.24, 2.45) is 5.92 Å². The minimum atomic E-state index is 0.180. The fraction of sp³-hybridized carbons (Fsp3) is 0.615. The summed E-state index contributed by atoms with van der Waals surface area (Å²) in [6.45, 7) is 4.97. The predicted octanol–water partition coefficient (Wildman–Crippen LogP) is -0.265. The number of hydrogen-bond donors (Lipinski definition) is 1. The van der Waals surface area contributed by atoms with Gasteiger partial charge in [0.05, 0.1) is 5.92 Å². The first-order chi connectivity index (χ1) is 9.34. The first kappa shape index (κ1) is 12.3. The Labute approximate surface area is 112 Å². The Balaban J connectivity index is 1.56. The van der Waals surface area contributed by atoms with Gasteiger partial charge in [-0.05, 0) is 19.0 Å². The Kier molecular flexibility index (Phi) is 3.59. The van der Waals surface area contributed by atoms with Crippen molar-refractivity contribution in [2.45, 2.75) is 6.42 Å². The summed E-state index contributed by atoms with van der Waals surface area (Å²) < 4.78 is 0. The average Bonchev–Trinajstić information content (AvgIpc) is 3.02. The molecule has 0 bridgehead atoms. The number of nitrogens with one attached hydrogen (secondary N) is 1. The van der Waals surface area contributed by atoms with Crippen LogP contribution in [0.25, 0.3) is 0 Å². The molecule has 6 nitrogen and oxygen atoms in total. The smallest absolute Gasteiger partial charge is 0.227 e. The second-order valence-electron chi connectivity index (χ2n) is 5.05. The van der Waals surface area contributed by atoms with Crippen LogP contribution in [0.4, 0.5) is 5.95 Å². The van der Waals surface area contributed by atoms with Crippen LogP contribution in [0.3, 0.4) is 0 Å². The van der Waals surface area contributed by atoms with Crippen LogP contribution in [0.1, 0.15) is 6.42 Å². The molecule has 1 N–H and O–H groups in total. The van der Waals surface area contributed by atoms with Crippen molar-refractivity contribution >= 4 is 11.9 Å². The van der Waals surface area contributed by atoms with E-state index in [0.29, 0.717) is 5.91 Å². The van der Waals surface area contributed by atoms with E-state index in [2.05, 4.69) is 20.2 Å². The summed E-state index contributed by atoms with van der Waals surface area (Å²) in [5.74, 6) is 1.25. The summed E-state index contributed by atoms with van der Waals surface area (Å²) in [5.41, 5.74) is 0. The Morgan fingerprint density at radius 2 is 1.95 bits per heavy atom. The number of carbonyl (C=O) groups excluding carboxylic acids is 1. The second kappa shape index (κ2) is 5.52. The maximum atomic E-state index is 12.3. The highest BCUT2D eigenvalue weighted by molar-refractivity contribution is 5.79. The van der Waals surface area contributed by atoms with E-state index in [-0.39, 0.29) is 5.92 Å². The summed E-state index contributed by atoms with van der Waals surface area (Å²) in [6, 6.07) is 1.82. The van der Waals surface area contributed by atoms with E-state index in [1.54, 1.807) is 12.4 Å². The molecule has 1 unspecified atom stereocenters. The number of rotatable bonds is 2. The van der Waals surface area contributed by atoms with Gasteiger partial charge in [0.1, 0.15) is 0 Å². The molecule has 0 saturated carbocycles. The quantitative estimate of drug-likeness (QED) is 0.794. The average molecular weight is 261 g/mol. The lowest BCUT2D eigenvalue weighted by molar-refractivity contribution is -0.135. The highest BCUT2D eigenvalue weighted by Crippen LogP contribution is 2.15. The first-order valence-corrected chi connectivity index (χ1v) is 6.86. The van der Waals surface area contributed by atoms with Gasteiger partial charge in [-0.2, -0.15) is 0 Å². The van der Waals surface area contributed by atoms with Crippen molar-refractivity contribution in [3.8, 4) is 0 Å². The standard InChI is InChI=1S/C13H19N5O/c19-12(11-2-5-14-10-11)17-6-8-18(9-7-17)13-15-3-1-4-16-13/h1,3-4,11,14H,2,5-10H2. The molecule has 1 amide bonds. The van der Waals surface area contributed by atoms with Crippen molar-refractivity contribution in [1.29, 1.82) is 0 Å². The van der Waals surface area contributed by atoms with E-state index in [1.165, 1.54) is 0 Å². The molecule has 1 aromatic rings. The first-order valence-electron chi connectivity index (χ1n) is 6.86. The number of aromatic nitrogens is 2. The molecule has 0 aromatic carbocycles. The molecule has 1 atom stereocenters. The summed E-state index contributed by atoms with van der Waals surface area (Å²) >= 11 is 0. The van der Waals surface area contributed by atoms with Gasteiger partial charge in [0.15, 0.2) is 0 Å². The molecule has 0 aliphatic carbocycles. The second-order valence-corrected chi connectivity index (χ2v) is 5.05. The highest BCUT2D eigenvalue weighted by Gasteiger charge is 2.29. The van der Waals surface area contributed by atoms with Gasteiger partial charge in [0.25, 0.3) is 0 Å². The van der Waals surface area contributed by atoms with Crippen LogP contribution in [-0.4, -0.2) is 60.0 Å². The summed E-state index contributed by atoms with van der Waals surface area (Å²) in [7, 11) is 0. The molecule has 2 aliphatic heterocycles. The molecule has 1 aromatic heterocycles. The third-order valence-corrected chi connectivity index (χ3v) is 3.84. The van der Waals surface area contributed by atoms with Gasteiger partial charge in [-0.1, -0.05) is 0 Å². The van der Waals surface area contributed by atoms with E-state index in [1.807, 2.05) is 11.0 Å². The van der Waals surface area contributed by atoms with Crippen LogP contribution in [0.5, 0.6) is 0 Å². The number of nitrogens with zero attached hydrogens (tertiary/aromatic N) is 4. The predicted molar refractivity (Wildman–Crippen MR) is 71.8 cm³/mol. The molecule has 0 radical (unpaired) electrons. The Hall–Kier alpha value is -1.69. The number of hydrogen-bond acceptors (Lipinski definition) is 5. The van der Waals surface area contributed by atoms with Gasteiger partial charge in [0, 0.05) is 45.1 Å². The minimum Gasteiger partial charge on any atom is -0.339 e. The fourth-order valence-corrected chi connectivity index (χ4v) is 2.70. The zero-order valence-corrected chi connectivity index (χ0v) is 11.0. The Bertz CT molecular complexity index is 424. The fourth-order valence-electron chi connectivity index (χ4n) is 2.70. The maximum absolute atomic E-state index is 12.3. The molecule has 19 heavy (non-hydrogen) atoms. The summed E-state index contributed by atoms with van der Waals surface area (Å²) in [4.78, 5) is 24.9. The van der Waals surface area contributed by atoms with E-state index < -0.39 is 0 Å². The molecule has 2 fully saturated rings. The molecule has 6 heteroatoms. The summed E-state index contributed by atoms with van der Waals surface area (Å²) in [5, 5.41) is 3.25. The number of piperazine rings is 1. The van der Waals surface area contributed by atoms with Crippen molar-refractivity contribution < 1.29 is 4.79 Å². The number of anilines is 1. The normalized spacial score (nSPS) is 23.7. The molecular weight excluding hydrogens is 242 g/mol. The van der Waals surface area contributed by atoms with Crippen LogP contribution in [-0.2, 0) is 4.79 Å². The van der Waals surface area contributed by atoms with Crippen LogP contribution in [0.15, 0.2) is 18.5 Å². The van der Waals surface area contributed by atoms with Crippen molar-refractivity contribution in [2.75, 3.05) is 44.2 Å². The van der Waals surface area contributed by atoms with Crippen molar-refractivity contribution in [3.05, 3.63) is 18.5 Å². The molecular formula is C13H19N5O. The number of carbonyl (C=O) groups is 1. The molecule has 102 valence electrons. The zero-order chi connectivity index (χ0) is 13.1. The van der Waals surface area contributed by atoms with Gasteiger partial charge >= 0.3 is 0 Å². The van der Waals surface area contributed by atoms with Gasteiger partial charge in [-0.3, -0.25) is 4.79 Å². The van der Waals surface area contributed by atoms with Crippen LogP contribution in [0, 0.1) is 5.92 Å². The van der Waals surface area contributed by atoms with E-state index >= 15 is 0 Å². The van der Waals surface area contributed by atoms with Crippen LogP contribution >= 0.6 is 0 Å². The SMILES string of the molecule is O=C(C1CCNC1)N1CCN(c2ncccn2)CC1. The van der Waals surface area contributed by atoms with Gasteiger partial charge in [-0.15, -0.1) is 0 Å². The van der Waals surface area contributed by atoms with Crippen LogP contribution < -0.4 is 10.2 Å². The lowest BCUT2D eigenvalue weighted by Crippen LogP contribution is -2.51. The Morgan fingerprint density at radius 1 is 1.21 bits per heavy atom. The highest BCUT2D eigenvalue weighted by atomic mass is 16.2. The van der Waals surface area contributed by atoms with Crippen LogP contribution in [0.2, 0.25) is 0 Å². The Morgan fingerprint density at radius 3 is 2.58 bits per heavy atom. The summed E-state index contributed by atoms with van der Waals surface area (Å²) in [6.07, 6.45) is 4.48. The monoisotopic (exact) mass is 261 g/mol. The molecule has 3 heterocycles. The topological polar surface area (TPSA) is 61.4 Å². The molecule has 0 spiro atoms. The van der Waals surface area contributed by atoms with Gasteiger partial charge < -0.3 is 15.1 Å². The lowest BCUT2D eigenvalue weighted by Gasteiger charge is -2.35. The number of amides is 1. The van der Waals surface area contributed by atoms with Gasteiger partial charge in [-0.25, -0.2) is 9.97 Å². The minimum absolute atomic E-state index is 0.180. The van der Waals surface area contributed by atoms with E-state index in [0.717, 1.165) is 51.6 Å². The molecule has 2 saturated heterocycles.